The van der Waals surface area contributed by atoms with Crippen molar-refractivity contribution in [3.63, 3.8) is 0 Å². The summed E-state index contributed by atoms with van der Waals surface area (Å²) >= 11 is 1.40. The highest BCUT2D eigenvalue weighted by Crippen LogP contribution is 2.36. The molecule has 7 atom stereocenters. The number of ether oxygens (including phenoxy) is 1. The van der Waals surface area contributed by atoms with E-state index >= 15 is 0 Å². The Labute approximate surface area is 116 Å². The first-order valence-electron chi connectivity index (χ1n) is 6.76. The molecule has 0 aromatic rings. The van der Waals surface area contributed by atoms with Gasteiger partial charge in [0.2, 0.25) is 0 Å². The molecule has 7 heteroatoms. The largest absolute Gasteiger partial charge is 0.394 e. The molecule has 2 unspecified atom stereocenters. The van der Waals surface area contributed by atoms with Gasteiger partial charge in [0.25, 0.3) is 0 Å². The Morgan fingerprint density at radius 2 is 1.74 bits per heavy atom. The molecule has 0 radical (unpaired) electrons. The summed E-state index contributed by atoms with van der Waals surface area (Å²) in [6.07, 6.45) is -0.473. The molecule has 1 aliphatic carbocycles. The van der Waals surface area contributed by atoms with Crippen molar-refractivity contribution in [3.8, 4) is 0 Å². The van der Waals surface area contributed by atoms with Crippen molar-refractivity contribution >= 4 is 11.8 Å². The molecule has 112 valence electrons. The molecular formula is C12H23NO5S. The summed E-state index contributed by atoms with van der Waals surface area (Å²) < 4.78 is 5.48. The zero-order chi connectivity index (χ0) is 14.0. The Balaban J connectivity index is 1.98. The quantitative estimate of drug-likeness (QED) is 0.443. The normalized spacial score (nSPS) is 48.2. The van der Waals surface area contributed by atoms with Crippen molar-refractivity contribution in [1.82, 2.24) is 0 Å². The van der Waals surface area contributed by atoms with Crippen LogP contribution in [0.4, 0.5) is 0 Å². The van der Waals surface area contributed by atoms with Crippen LogP contribution < -0.4 is 5.73 Å². The molecule has 2 aliphatic rings. The number of thioether (sulfide) groups is 1. The minimum absolute atomic E-state index is 0.0612. The molecule has 0 bridgehead atoms. The maximum atomic E-state index is 9.96. The third kappa shape index (κ3) is 3.41. The van der Waals surface area contributed by atoms with E-state index in [-0.39, 0.29) is 11.3 Å². The summed E-state index contributed by atoms with van der Waals surface area (Å²) in [5, 5.41) is 38.7. The number of nitrogens with two attached hydrogens (primary N) is 1. The smallest absolute Gasteiger partial charge is 0.132 e. The van der Waals surface area contributed by atoms with Crippen LogP contribution in [0.1, 0.15) is 25.7 Å². The van der Waals surface area contributed by atoms with Crippen LogP contribution in [0.2, 0.25) is 0 Å². The van der Waals surface area contributed by atoms with Gasteiger partial charge in [-0.2, -0.15) is 0 Å². The van der Waals surface area contributed by atoms with Gasteiger partial charge in [0.1, 0.15) is 29.9 Å². The third-order valence-electron chi connectivity index (χ3n) is 3.91. The van der Waals surface area contributed by atoms with Gasteiger partial charge in [-0.1, -0.05) is 12.8 Å². The molecule has 1 saturated heterocycles. The fraction of sp³-hybridized carbons (Fsp3) is 1.00. The molecule has 19 heavy (non-hydrogen) atoms. The summed E-state index contributed by atoms with van der Waals surface area (Å²) in [4.78, 5) is 0. The Hall–Kier alpha value is 0.110. The van der Waals surface area contributed by atoms with Gasteiger partial charge in [-0.15, -0.1) is 11.8 Å². The van der Waals surface area contributed by atoms with E-state index in [2.05, 4.69) is 0 Å². The highest BCUT2D eigenvalue weighted by molar-refractivity contribution is 8.00. The summed E-state index contributed by atoms with van der Waals surface area (Å²) in [6.45, 7) is -0.390. The Morgan fingerprint density at radius 1 is 1.05 bits per heavy atom. The summed E-state index contributed by atoms with van der Waals surface area (Å²) in [5.41, 5.74) is 5.39. The van der Waals surface area contributed by atoms with E-state index < -0.39 is 36.5 Å². The zero-order valence-corrected chi connectivity index (χ0v) is 11.6. The SMILES string of the molecule is NC1CCCCC1S[C@@H]1O[C@H](CO)[C@H](O)[C@H](O)[C@H]1O. The van der Waals surface area contributed by atoms with Crippen LogP contribution in [0.3, 0.4) is 0 Å². The third-order valence-corrected chi connectivity index (χ3v) is 5.50. The predicted octanol–water partition coefficient (Wildman–Crippen LogP) is -1.21. The molecule has 0 spiro atoms. The average molecular weight is 293 g/mol. The molecule has 6 nitrogen and oxygen atoms in total. The molecule has 0 aromatic heterocycles. The maximum Gasteiger partial charge on any atom is 0.132 e. The number of hydrogen-bond acceptors (Lipinski definition) is 7. The second-order valence-corrected chi connectivity index (χ2v) is 6.66. The van der Waals surface area contributed by atoms with E-state index in [1.54, 1.807) is 0 Å². The lowest BCUT2D eigenvalue weighted by Crippen LogP contribution is -2.58. The molecule has 0 aromatic carbocycles. The molecule has 6 N–H and O–H groups in total. The molecule has 1 aliphatic heterocycles. The van der Waals surface area contributed by atoms with E-state index in [4.69, 9.17) is 15.6 Å². The predicted molar refractivity (Wildman–Crippen MR) is 71.6 cm³/mol. The van der Waals surface area contributed by atoms with Gasteiger partial charge in [-0.25, -0.2) is 0 Å². The molecule has 0 amide bonds. The van der Waals surface area contributed by atoms with Crippen molar-refractivity contribution in [2.24, 2.45) is 5.73 Å². The molecule has 2 fully saturated rings. The minimum atomic E-state index is -1.30. The van der Waals surface area contributed by atoms with E-state index in [9.17, 15) is 15.3 Å². The van der Waals surface area contributed by atoms with Crippen molar-refractivity contribution in [3.05, 3.63) is 0 Å². The molecule has 1 heterocycles. The maximum absolute atomic E-state index is 9.96. The lowest BCUT2D eigenvalue weighted by Gasteiger charge is -2.42. The highest BCUT2D eigenvalue weighted by atomic mass is 32.2. The number of rotatable bonds is 3. The number of aliphatic hydroxyl groups is 4. The monoisotopic (exact) mass is 293 g/mol. The highest BCUT2D eigenvalue weighted by Gasteiger charge is 2.44. The second-order valence-electron chi connectivity index (χ2n) is 5.32. The Bertz CT molecular complexity index is 293. The van der Waals surface area contributed by atoms with Gasteiger partial charge in [0.05, 0.1) is 6.61 Å². The van der Waals surface area contributed by atoms with Crippen molar-refractivity contribution < 1.29 is 25.2 Å². The number of aliphatic hydroxyl groups excluding tert-OH is 4. The van der Waals surface area contributed by atoms with Gasteiger partial charge < -0.3 is 30.9 Å². The summed E-state index contributed by atoms with van der Waals surface area (Å²) in [6, 6.07) is 0.0612. The van der Waals surface area contributed by atoms with Gasteiger partial charge in [0.15, 0.2) is 0 Å². The molecule has 2 rings (SSSR count). The molecule has 1 saturated carbocycles. The van der Waals surface area contributed by atoms with Crippen LogP contribution in [0.5, 0.6) is 0 Å². The fourth-order valence-corrected chi connectivity index (χ4v) is 4.16. The van der Waals surface area contributed by atoms with Crippen molar-refractivity contribution in [2.45, 2.75) is 66.8 Å². The first-order chi connectivity index (χ1) is 9.04. The fourth-order valence-electron chi connectivity index (χ4n) is 2.65. The summed E-state index contributed by atoms with van der Waals surface area (Å²) in [7, 11) is 0. The van der Waals surface area contributed by atoms with E-state index in [1.165, 1.54) is 11.8 Å². The topological polar surface area (TPSA) is 116 Å². The standard InChI is InChI=1S/C12H23NO5S/c13-6-3-1-2-4-8(6)19-12-11(17)10(16)9(15)7(5-14)18-12/h6-12,14-17H,1-5,13H2/t6?,7-,8?,9+,10+,11-,12+/m1/s1. The van der Waals surface area contributed by atoms with E-state index in [0.717, 1.165) is 25.7 Å². The van der Waals surface area contributed by atoms with E-state index in [0.29, 0.717) is 0 Å². The lowest BCUT2D eigenvalue weighted by molar-refractivity contribution is -0.205. The summed E-state index contributed by atoms with van der Waals surface area (Å²) in [5.74, 6) is 0. The first-order valence-corrected chi connectivity index (χ1v) is 7.70. The molecular weight excluding hydrogens is 270 g/mol. The van der Waals surface area contributed by atoms with Crippen LogP contribution in [-0.2, 0) is 4.74 Å². The van der Waals surface area contributed by atoms with Crippen molar-refractivity contribution in [2.75, 3.05) is 6.61 Å². The Morgan fingerprint density at radius 3 is 2.37 bits per heavy atom. The Kier molecular flexibility index (Phi) is 5.47. The number of hydrogen-bond donors (Lipinski definition) is 5. The zero-order valence-electron chi connectivity index (χ0n) is 10.8. The van der Waals surface area contributed by atoms with Gasteiger partial charge in [-0.05, 0) is 12.8 Å². The average Bonchev–Trinajstić information content (AvgIpc) is 2.41. The lowest BCUT2D eigenvalue weighted by atomic mass is 9.96. The van der Waals surface area contributed by atoms with E-state index in [1.807, 2.05) is 0 Å². The van der Waals surface area contributed by atoms with Crippen LogP contribution in [0.25, 0.3) is 0 Å². The first kappa shape index (κ1) is 15.5. The van der Waals surface area contributed by atoms with Gasteiger partial charge in [-0.3, -0.25) is 0 Å². The van der Waals surface area contributed by atoms with Crippen LogP contribution in [-0.4, -0.2) is 68.2 Å². The van der Waals surface area contributed by atoms with Crippen LogP contribution in [0, 0.1) is 0 Å². The minimum Gasteiger partial charge on any atom is -0.394 e. The van der Waals surface area contributed by atoms with Crippen molar-refractivity contribution in [1.29, 1.82) is 0 Å². The van der Waals surface area contributed by atoms with Gasteiger partial charge in [0, 0.05) is 11.3 Å². The second kappa shape index (κ2) is 6.71. The van der Waals surface area contributed by atoms with Crippen LogP contribution >= 0.6 is 11.8 Å². The van der Waals surface area contributed by atoms with Gasteiger partial charge >= 0.3 is 0 Å². The van der Waals surface area contributed by atoms with Crippen LogP contribution in [0.15, 0.2) is 0 Å².